The fraction of sp³-hybridized carbons (Fsp3) is 0.533. The van der Waals surface area contributed by atoms with Gasteiger partial charge in [0.15, 0.2) is 0 Å². The van der Waals surface area contributed by atoms with E-state index in [1.54, 1.807) is 25.1 Å². The van der Waals surface area contributed by atoms with E-state index in [0.717, 1.165) is 18.8 Å². The van der Waals surface area contributed by atoms with E-state index in [0.29, 0.717) is 17.2 Å². The standard InChI is InChI=1S/C15H23N3O/c1-11-5-4-8-18(10-11)14-7-6-12(9-13(14)16)15(19)17(2)3/h6-7,9,11H,4-5,8,10,16H2,1-3H3. The minimum Gasteiger partial charge on any atom is -0.397 e. The lowest BCUT2D eigenvalue weighted by atomic mass is 9.99. The van der Waals surface area contributed by atoms with Gasteiger partial charge in [-0.2, -0.15) is 0 Å². The highest BCUT2D eigenvalue weighted by molar-refractivity contribution is 5.95. The molecule has 1 atom stereocenters. The van der Waals surface area contributed by atoms with Crippen LogP contribution in [-0.2, 0) is 0 Å². The fourth-order valence-corrected chi connectivity index (χ4v) is 2.64. The molecular formula is C15H23N3O. The van der Waals surface area contributed by atoms with Gasteiger partial charge in [0.2, 0.25) is 0 Å². The highest BCUT2D eigenvalue weighted by Crippen LogP contribution is 2.29. The second-order valence-corrected chi connectivity index (χ2v) is 5.67. The molecule has 4 nitrogen and oxygen atoms in total. The summed E-state index contributed by atoms with van der Waals surface area (Å²) in [4.78, 5) is 15.8. The van der Waals surface area contributed by atoms with Crippen molar-refractivity contribution in [1.82, 2.24) is 4.90 Å². The second-order valence-electron chi connectivity index (χ2n) is 5.67. The summed E-state index contributed by atoms with van der Waals surface area (Å²) >= 11 is 0. The van der Waals surface area contributed by atoms with Crippen LogP contribution in [0.4, 0.5) is 11.4 Å². The summed E-state index contributed by atoms with van der Waals surface area (Å²) in [5, 5.41) is 0. The van der Waals surface area contributed by atoms with Crippen LogP contribution >= 0.6 is 0 Å². The van der Waals surface area contributed by atoms with Crippen LogP contribution in [0.3, 0.4) is 0 Å². The molecule has 0 bridgehead atoms. The van der Waals surface area contributed by atoms with E-state index in [-0.39, 0.29) is 5.91 Å². The van der Waals surface area contributed by atoms with E-state index in [4.69, 9.17) is 5.73 Å². The molecule has 104 valence electrons. The largest absolute Gasteiger partial charge is 0.397 e. The third-order valence-electron chi connectivity index (χ3n) is 3.68. The van der Waals surface area contributed by atoms with Crippen LogP contribution in [-0.4, -0.2) is 38.0 Å². The van der Waals surface area contributed by atoms with Crippen molar-refractivity contribution in [2.45, 2.75) is 19.8 Å². The summed E-state index contributed by atoms with van der Waals surface area (Å²) in [5.41, 5.74) is 8.53. The summed E-state index contributed by atoms with van der Waals surface area (Å²) in [6, 6.07) is 5.63. The van der Waals surface area contributed by atoms with Crippen molar-refractivity contribution in [3.8, 4) is 0 Å². The van der Waals surface area contributed by atoms with Crippen molar-refractivity contribution in [2.75, 3.05) is 37.8 Å². The smallest absolute Gasteiger partial charge is 0.253 e. The molecule has 0 aromatic heterocycles. The number of nitrogens with zero attached hydrogens (tertiary/aromatic N) is 2. The number of hydrogen-bond donors (Lipinski definition) is 1. The Morgan fingerprint density at radius 3 is 2.74 bits per heavy atom. The summed E-state index contributed by atoms with van der Waals surface area (Å²) in [5.74, 6) is 0.696. The fourth-order valence-electron chi connectivity index (χ4n) is 2.64. The Balaban J connectivity index is 2.21. The normalized spacial score (nSPS) is 19.3. The maximum atomic E-state index is 11.9. The first-order valence-electron chi connectivity index (χ1n) is 6.85. The van der Waals surface area contributed by atoms with Gasteiger partial charge in [0, 0.05) is 32.7 Å². The number of benzene rings is 1. The van der Waals surface area contributed by atoms with Crippen molar-refractivity contribution in [1.29, 1.82) is 0 Å². The van der Waals surface area contributed by atoms with Gasteiger partial charge in [0.25, 0.3) is 5.91 Å². The van der Waals surface area contributed by atoms with E-state index in [1.165, 1.54) is 12.8 Å². The molecule has 1 fully saturated rings. The predicted octanol–water partition coefficient (Wildman–Crippen LogP) is 2.21. The number of carbonyl (C=O) groups is 1. The summed E-state index contributed by atoms with van der Waals surface area (Å²) in [6.45, 7) is 4.37. The lowest BCUT2D eigenvalue weighted by Crippen LogP contribution is -2.34. The lowest BCUT2D eigenvalue weighted by Gasteiger charge is -2.33. The first-order chi connectivity index (χ1) is 8.99. The van der Waals surface area contributed by atoms with Crippen LogP contribution < -0.4 is 10.6 Å². The van der Waals surface area contributed by atoms with E-state index in [1.807, 2.05) is 12.1 Å². The van der Waals surface area contributed by atoms with Gasteiger partial charge in [-0.15, -0.1) is 0 Å². The molecule has 0 saturated carbocycles. The number of rotatable bonds is 2. The maximum Gasteiger partial charge on any atom is 0.253 e. The predicted molar refractivity (Wildman–Crippen MR) is 79.5 cm³/mol. The summed E-state index contributed by atoms with van der Waals surface area (Å²) in [7, 11) is 3.50. The molecule has 1 aliphatic heterocycles. The Hall–Kier alpha value is -1.71. The number of amides is 1. The Morgan fingerprint density at radius 1 is 1.42 bits per heavy atom. The van der Waals surface area contributed by atoms with E-state index >= 15 is 0 Å². The molecule has 4 heteroatoms. The van der Waals surface area contributed by atoms with E-state index < -0.39 is 0 Å². The maximum absolute atomic E-state index is 11.9. The number of hydrogen-bond acceptors (Lipinski definition) is 3. The molecule has 1 aromatic carbocycles. The van der Waals surface area contributed by atoms with Crippen molar-refractivity contribution >= 4 is 17.3 Å². The molecule has 1 aliphatic rings. The molecule has 1 saturated heterocycles. The van der Waals surface area contributed by atoms with Crippen molar-refractivity contribution < 1.29 is 4.79 Å². The number of nitrogens with two attached hydrogens (primary N) is 1. The number of nitrogen functional groups attached to an aromatic ring is 1. The minimum atomic E-state index is -0.00902. The van der Waals surface area contributed by atoms with Gasteiger partial charge in [0.05, 0.1) is 11.4 Å². The average molecular weight is 261 g/mol. The van der Waals surface area contributed by atoms with Crippen molar-refractivity contribution in [3.05, 3.63) is 23.8 Å². The summed E-state index contributed by atoms with van der Waals surface area (Å²) < 4.78 is 0. The molecule has 1 unspecified atom stereocenters. The minimum absolute atomic E-state index is 0.00902. The lowest BCUT2D eigenvalue weighted by molar-refractivity contribution is 0.0827. The Kier molecular flexibility index (Phi) is 3.98. The zero-order valence-electron chi connectivity index (χ0n) is 12.0. The van der Waals surface area contributed by atoms with Gasteiger partial charge in [-0.25, -0.2) is 0 Å². The highest BCUT2D eigenvalue weighted by Gasteiger charge is 2.19. The molecule has 1 aromatic rings. The molecule has 0 aliphatic carbocycles. The van der Waals surface area contributed by atoms with Gasteiger partial charge in [-0.3, -0.25) is 4.79 Å². The number of piperidine rings is 1. The van der Waals surface area contributed by atoms with Crippen molar-refractivity contribution in [2.24, 2.45) is 5.92 Å². The molecule has 1 heterocycles. The Morgan fingerprint density at radius 2 is 2.16 bits per heavy atom. The first kappa shape index (κ1) is 13.7. The molecule has 1 amide bonds. The first-order valence-corrected chi connectivity index (χ1v) is 6.85. The van der Waals surface area contributed by atoms with Gasteiger partial charge in [0.1, 0.15) is 0 Å². The van der Waals surface area contributed by atoms with Crippen LogP contribution in [0, 0.1) is 5.92 Å². The third kappa shape index (κ3) is 3.00. The number of carbonyl (C=O) groups excluding carboxylic acids is 1. The van der Waals surface area contributed by atoms with Crippen LogP contribution in [0.1, 0.15) is 30.1 Å². The van der Waals surface area contributed by atoms with Crippen molar-refractivity contribution in [3.63, 3.8) is 0 Å². The zero-order chi connectivity index (χ0) is 14.0. The molecule has 2 N–H and O–H groups in total. The zero-order valence-corrected chi connectivity index (χ0v) is 12.0. The Labute approximate surface area is 115 Å². The van der Waals surface area contributed by atoms with Gasteiger partial charge in [-0.05, 0) is 37.0 Å². The van der Waals surface area contributed by atoms with Crippen LogP contribution in [0.25, 0.3) is 0 Å². The Bertz CT molecular complexity index is 470. The van der Waals surface area contributed by atoms with Gasteiger partial charge >= 0.3 is 0 Å². The summed E-state index contributed by atoms with van der Waals surface area (Å²) in [6.07, 6.45) is 2.49. The average Bonchev–Trinajstić information content (AvgIpc) is 2.37. The van der Waals surface area contributed by atoms with Gasteiger partial charge in [-0.1, -0.05) is 6.92 Å². The number of anilines is 2. The topological polar surface area (TPSA) is 49.6 Å². The molecule has 0 spiro atoms. The quantitative estimate of drug-likeness (QED) is 0.830. The second kappa shape index (κ2) is 5.51. The van der Waals surface area contributed by atoms with E-state index in [9.17, 15) is 4.79 Å². The van der Waals surface area contributed by atoms with Crippen LogP contribution in [0.5, 0.6) is 0 Å². The SMILES string of the molecule is CC1CCCN(c2ccc(C(=O)N(C)C)cc2N)C1. The van der Waals surface area contributed by atoms with E-state index in [2.05, 4.69) is 11.8 Å². The highest BCUT2D eigenvalue weighted by atomic mass is 16.2. The molecule has 2 rings (SSSR count). The monoisotopic (exact) mass is 261 g/mol. The third-order valence-corrected chi connectivity index (χ3v) is 3.68. The van der Waals surface area contributed by atoms with Crippen LogP contribution in [0.2, 0.25) is 0 Å². The molecule has 0 radical (unpaired) electrons. The molecular weight excluding hydrogens is 238 g/mol. The van der Waals surface area contributed by atoms with Gasteiger partial charge < -0.3 is 15.5 Å². The van der Waals surface area contributed by atoms with Crippen LogP contribution in [0.15, 0.2) is 18.2 Å². The molecule has 19 heavy (non-hydrogen) atoms.